The zero-order valence-electron chi connectivity index (χ0n) is 9.24. The molecule has 0 aliphatic heterocycles. The van der Waals surface area contributed by atoms with Gasteiger partial charge in [0.1, 0.15) is 5.75 Å². The fraction of sp³-hybridized carbons (Fsp3) is 0.462. The Morgan fingerprint density at radius 2 is 2.06 bits per heavy atom. The van der Waals surface area contributed by atoms with Crippen LogP contribution in [0.2, 0.25) is 0 Å². The van der Waals surface area contributed by atoms with E-state index >= 15 is 0 Å². The van der Waals surface area contributed by atoms with Crippen LogP contribution in [-0.2, 0) is 17.6 Å². The standard InChI is InChI=1S/C13H16O3/c14-13(15)9-16-12-8-4-6-10-5-2-1-3-7-11(10)12/h4,6,8H,1-3,5,7,9H2,(H,14,15). The minimum atomic E-state index is -0.925. The summed E-state index contributed by atoms with van der Waals surface area (Å²) in [5.41, 5.74) is 2.53. The van der Waals surface area contributed by atoms with Crippen molar-refractivity contribution in [3.05, 3.63) is 29.3 Å². The Bertz CT molecular complexity index is 385. The minimum Gasteiger partial charge on any atom is -0.482 e. The molecule has 0 radical (unpaired) electrons. The molecule has 1 N–H and O–H groups in total. The summed E-state index contributed by atoms with van der Waals surface area (Å²) < 4.78 is 5.32. The molecule has 0 saturated carbocycles. The van der Waals surface area contributed by atoms with E-state index in [0.717, 1.165) is 18.6 Å². The number of carboxylic acids is 1. The second-order valence-corrected chi connectivity index (χ2v) is 4.14. The van der Waals surface area contributed by atoms with Gasteiger partial charge in [-0.05, 0) is 42.9 Å². The van der Waals surface area contributed by atoms with E-state index in [2.05, 4.69) is 6.07 Å². The molecule has 0 fully saturated rings. The predicted molar refractivity (Wildman–Crippen MR) is 60.8 cm³/mol. The molecule has 0 aromatic heterocycles. The van der Waals surface area contributed by atoms with E-state index in [1.165, 1.54) is 30.4 Å². The number of hydrogen-bond donors (Lipinski definition) is 1. The molecule has 0 saturated heterocycles. The van der Waals surface area contributed by atoms with Crippen molar-refractivity contribution in [2.24, 2.45) is 0 Å². The average molecular weight is 220 g/mol. The maximum Gasteiger partial charge on any atom is 0.341 e. The summed E-state index contributed by atoms with van der Waals surface area (Å²) in [5, 5.41) is 8.61. The number of benzene rings is 1. The first-order valence-corrected chi connectivity index (χ1v) is 5.73. The number of aliphatic carboxylic acids is 1. The number of ether oxygens (including phenoxy) is 1. The van der Waals surface area contributed by atoms with Gasteiger partial charge in [0.15, 0.2) is 6.61 Å². The minimum absolute atomic E-state index is 0.254. The van der Waals surface area contributed by atoms with Crippen LogP contribution >= 0.6 is 0 Å². The molecule has 1 aliphatic rings. The van der Waals surface area contributed by atoms with E-state index in [4.69, 9.17) is 9.84 Å². The van der Waals surface area contributed by atoms with E-state index in [9.17, 15) is 4.79 Å². The first-order valence-electron chi connectivity index (χ1n) is 5.73. The SMILES string of the molecule is O=C(O)COc1cccc2c1CCCCC2. The van der Waals surface area contributed by atoms with Gasteiger partial charge in [0.25, 0.3) is 0 Å². The van der Waals surface area contributed by atoms with Gasteiger partial charge in [0.05, 0.1) is 0 Å². The van der Waals surface area contributed by atoms with Gasteiger partial charge in [-0.1, -0.05) is 18.6 Å². The largest absolute Gasteiger partial charge is 0.482 e. The molecule has 16 heavy (non-hydrogen) atoms. The molecule has 0 bridgehead atoms. The number of rotatable bonds is 3. The second-order valence-electron chi connectivity index (χ2n) is 4.14. The Labute approximate surface area is 95.0 Å². The topological polar surface area (TPSA) is 46.5 Å². The summed E-state index contributed by atoms with van der Waals surface area (Å²) in [7, 11) is 0. The Balaban J connectivity index is 2.20. The lowest BCUT2D eigenvalue weighted by Gasteiger charge is -2.12. The van der Waals surface area contributed by atoms with Crippen molar-refractivity contribution in [1.82, 2.24) is 0 Å². The summed E-state index contributed by atoms with van der Waals surface area (Å²) in [4.78, 5) is 10.5. The first-order chi connectivity index (χ1) is 7.77. The van der Waals surface area contributed by atoms with Crippen LogP contribution < -0.4 is 4.74 Å². The zero-order chi connectivity index (χ0) is 11.4. The van der Waals surface area contributed by atoms with Crippen LogP contribution in [0.25, 0.3) is 0 Å². The molecule has 0 atom stereocenters. The lowest BCUT2D eigenvalue weighted by Crippen LogP contribution is -2.11. The van der Waals surface area contributed by atoms with Crippen LogP contribution in [0.4, 0.5) is 0 Å². The van der Waals surface area contributed by atoms with Crippen molar-refractivity contribution in [1.29, 1.82) is 0 Å². The second kappa shape index (κ2) is 5.01. The highest BCUT2D eigenvalue weighted by Gasteiger charge is 2.13. The smallest absolute Gasteiger partial charge is 0.341 e. The number of carboxylic acid groups (broad SMARTS) is 1. The molecule has 0 spiro atoms. The molecule has 86 valence electrons. The summed E-state index contributed by atoms with van der Waals surface area (Å²) in [5.74, 6) is -0.173. The molecule has 3 heteroatoms. The van der Waals surface area contributed by atoms with Crippen LogP contribution in [0.5, 0.6) is 5.75 Å². The Morgan fingerprint density at radius 1 is 1.25 bits per heavy atom. The third-order valence-electron chi connectivity index (χ3n) is 2.95. The highest BCUT2D eigenvalue weighted by atomic mass is 16.5. The monoisotopic (exact) mass is 220 g/mol. The third-order valence-corrected chi connectivity index (χ3v) is 2.95. The van der Waals surface area contributed by atoms with Crippen molar-refractivity contribution >= 4 is 5.97 Å². The highest BCUT2D eigenvalue weighted by Crippen LogP contribution is 2.28. The summed E-state index contributed by atoms with van der Waals surface area (Å²) in [6, 6.07) is 5.93. The lowest BCUT2D eigenvalue weighted by atomic mass is 10.0. The van der Waals surface area contributed by atoms with Crippen LogP contribution in [0.15, 0.2) is 18.2 Å². The first kappa shape index (κ1) is 11.0. The van der Waals surface area contributed by atoms with E-state index in [0.29, 0.717) is 0 Å². The number of hydrogen-bond acceptors (Lipinski definition) is 2. The van der Waals surface area contributed by atoms with Gasteiger partial charge in [-0.3, -0.25) is 0 Å². The zero-order valence-corrected chi connectivity index (χ0v) is 9.24. The molecule has 1 aromatic carbocycles. The van der Waals surface area contributed by atoms with Gasteiger partial charge in [-0.15, -0.1) is 0 Å². The third kappa shape index (κ3) is 2.54. The maximum atomic E-state index is 10.5. The molecule has 1 aromatic rings. The Hall–Kier alpha value is -1.51. The van der Waals surface area contributed by atoms with Gasteiger partial charge in [-0.25, -0.2) is 4.79 Å². The molecule has 0 amide bonds. The number of carbonyl (C=O) groups is 1. The van der Waals surface area contributed by atoms with E-state index in [-0.39, 0.29) is 6.61 Å². The van der Waals surface area contributed by atoms with Crippen molar-refractivity contribution in [2.45, 2.75) is 32.1 Å². The van der Waals surface area contributed by atoms with Crippen LogP contribution in [0.1, 0.15) is 30.4 Å². The van der Waals surface area contributed by atoms with Gasteiger partial charge >= 0.3 is 5.97 Å². The van der Waals surface area contributed by atoms with E-state index in [1.54, 1.807) is 0 Å². The van der Waals surface area contributed by atoms with E-state index in [1.807, 2.05) is 12.1 Å². The molecule has 0 unspecified atom stereocenters. The predicted octanol–water partition coefficient (Wildman–Crippen LogP) is 2.42. The Morgan fingerprint density at radius 3 is 2.88 bits per heavy atom. The van der Waals surface area contributed by atoms with Crippen LogP contribution in [-0.4, -0.2) is 17.7 Å². The molecule has 2 rings (SSSR count). The van der Waals surface area contributed by atoms with Crippen molar-refractivity contribution in [2.75, 3.05) is 6.61 Å². The molecule has 0 heterocycles. The summed E-state index contributed by atoms with van der Waals surface area (Å²) in [6.45, 7) is -0.254. The quantitative estimate of drug-likeness (QED) is 0.796. The molecular formula is C13H16O3. The van der Waals surface area contributed by atoms with Gasteiger partial charge in [-0.2, -0.15) is 0 Å². The average Bonchev–Trinajstić information content (AvgIpc) is 2.51. The van der Waals surface area contributed by atoms with Crippen molar-refractivity contribution in [3.8, 4) is 5.75 Å². The summed E-state index contributed by atoms with van der Waals surface area (Å²) in [6.07, 6.45) is 5.72. The number of aryl methyl sites for hydroxylation is 1. The number of fused-ring (bicyclic) bond motifs is 1. The highest BCUT2D eigenvalue weighted by molar-refractivity contribution is 5.68. The van der Waals surface area contributed by atoms with Gasteiger partial charge in [0, 0.05) is 0 Å². The van der Waals surface area contributed by atoms with Gasteiger partial charge in [0.2, 0.25) is 0 Å². The van der Waals surface area contributed by atoms with E-state index < -0.39 is 5.97 Å². The normalized spacial score (nSPS) is 15.0. The molecular weight excluding hydrogens is 204 g/mol. The fourth-order valence-electron chi connectivity index (χ4n) is 2.20. The van der Waals surface area contributed by atoms with Crippen LogP contribution in [0, 0.1) is 0 Å². The van der Waals surface area contributed by atoms with Crippen molar-refractivity contribution in [3.63, 3.8) is 0 Å². The fourth-order valence-corrected chi connectivity index (χ4v) is 2.20. The Kier molecular flexibility index (Phi) is 3.44. The van der Waals surface area contributed by atoms with Crippen molar-refractivity contribution < 1.29 is 14.6 Å². The summed E-state index contributed by atoms with van der Waals surface area (Å²) >= 11 is 0. The lowest BCUT2D eigenvalue weighted by molar-refractivity contribution is -0.139. The van der Waals surface area contributed by atoms with Gasteiger partial charge < -0.3 is 9.84 Å². The molecule has 1 aliphatic carbocycles. The van der Waals surface area contributed by atoms with Crippen LogP contribution in [0.3, 0.4) is 0 Å². The maximum absolute atomic E-state index is 10.5. The molecule has 3 nitrogen and oxygen atoms in total.